The van der Waals surface area contributed by atoms with Crippen LogP contribution in [0.1, 0.15) is 13.3 Å². The van der Waals surface area contributed by atoms with Crippen molar-refractivity contribution in [2.75, 3.05) is 5.32 Å². The first-order chi connectivity index (χ1) is 7.11. The van der Waals surface area contributed by atoms with E-state index >= 15 is 0 Å². The smallest absolute Gasteiger partial charge is 0.319 e. The van der Waals surface area contributed by atoms with Crippen molar-refractivity contribution in [2.24, 2.45) is 0 Å². The number of carbonyl (C=O) groups is 1. The normalized spacial score (nSPS) is 11.9. The number of nitrogens with one attached hydrogen (secondary N) is 2. The summed E-state index contributed by atoms with van der Waals surface area (Å²) < 4.78 is 0. The molecule has 1 unspecified atom stereocenters. The first kappa shape index (κ1) is 11.9. The van der Waals surface area contributed by atoms with Gasteiger partial charge in [-0.2, -0.15) is 0 Å². The van der Waals surface area contributed by atoms with Crippen LogP contribution in [0.25, 0.3) is 0 Å². The minimum atomic E-state index is -0.228. The molecule has 1 atom stereocenters. The minimum absolute atomic E-state index is 0.0669. The van der Waals surface area contributed by atoms with Gasteiger partial charge in [0.1, 0.15) is 0 Å². The van der Waals surface area contributed by atoms with E-state index in [1.54, 1.807) is 24.3 Å². The van der Waals surface area contributed by atoms with Crippen molar-refractivity contribution >= 4 is 23.3 Å². The average Bonchev–Trinajstić information content (AvgIpc) is 2.21. The third-order valence-corrected chi connectivity index (χ3v) is 2.16. The van der Waals surface area contributed by atoms with Crippen LogP contribution in [-0.2, 0) is 0 Å². The molecule has 1 rings (SSSR count). The molecule has 4 heteroatoms. The summed E-state index contributed by atoms with van der Waals surface area (Å²) in [6.45, 7) is 5.59. The van der Waals surface area contributed by atoms with Gasteiger partial charge in [-0.15, -0.1) is 0 Å². The molecule has 81 valence electrons. The molecular formula is C11H14ClN2O. The Morgan fingerprint density at radius 2 is 2.07 bits per heavy atom. The zero-order valence-corrected chi connectivity index (χ0v) is 9.34. The Morgan fingerprint density at radius 1 is 1.47 bits per heavy atom. The van der Waals surface area contributed by atoms with Crippen LogP contribution in [-0.4, -0.2) is 12.1 Å². The largest absolute Gasteiger partial charge is 0.335 e. The first-order valence-electron chi connectivity index (χ1n) is 4.74. The van der Waals surface area contributed by atoms with Gasteiger partial charge in [0.05, 0.1) is 0 Å². The summed E-state index contributed by atoms with van der Waals surface area (Å²) in [5.41, 5.74) is 0.716. The Kier molecular flexibility index (Phi) is 4.43. The summed E-state index contributed by atoms with van der Waals surface area (Å²) in [5, 5.41) is 6.09. The van der Waals surface area contributed by atoms with Crippen LogP contribution in [0.2, 0.25) is 5.02 Å². The molecule has 0 heterocycles. The van der Waals surface area contributed by atoms with E-state index in [1.807, 2.05) is 6.92 Å². The fourth-order valence-electron chi connectivity index (χ4n) is 0.996. The van der Waals surface area contributed by atoms with Crippen molar-refractivity contribution in [1.29, 1.82) is 0 Å². The van der Waals surface area contributed by atoms with E-state index in [9.17, 15) is 4.79 Å². The lowest BCUT2D eigenvalue weighted by atomic mass is 10.3. The molecule has 0 bridgehead atoms. The molecule has 3 nitrogen and oxygen atoms in total. The van der Waals surface area contributed by atoms with Crippen LogP contribution in [0.3, 0.4) is 0 Å². The van der Waals surface area contributed by atoms with Gasteiger partial charge in [-0.1, -0.05) is 18.5 Å². The van der Waals surface area contributed by atoms with Gasteiger partial charge >= 0.3 is 6.03 Å². The van der Waals surface area contributed by atoms with Gasteiger partial charge in [0, 0.05) is 16.8 Å². The monoisotopic (exact) mass is 225 g/mol. The summed E-state index contributed by atoms with van der Waals surface area (Å²) in [7, 11) is 0. The Morgan fingerprint density at radius 3 is 2.60 bits per heavy atom. The van der Waals surface area contributed by atoms with Crippen LogP contribution >= 0.6 is 11.6 Å². The first-order valence-corrected chi connectivity index (χ1v) is 5.12. The van der Waals surface area contributed by atoms with Crippen molar-refractivity contribution in [3.8, 4) is 0 Å². The molecule has 1 radical (unpaired) electrons. The van der Waals surface area contributed by atoms with Gasteiger partial charge in [-0.3, -0.25) is 0 Å². The zero-order valence-electron chi connectivity index (χ0n) is 8.59. The van der Waals surface area contributed by atoms with Gasteiger partial charge in [-0.05, 0) is 37.6 Å². The number of urea groups is 1. The quantitative estimate of drug-likeness (QED) is 0.816. The molecule has 2 amide bonds. The molecular weight excluding hydrogens is 212 g/mol. The lowest BCUT2D eigenvalue weighted by molar-refractivity contribution is 0.249. The molecule has 1 aromatic carbocycles. The third kappa shape index (κ3) is 4.21. The van der Waals surface area contributed by atoms with Crippen LogP contribution in [0.4, 0.5) is 10.5 Å². The lowest BCUT2D eigenvalue weighted by Gasteiger charge is -2.12. The number of benzene rings is 1. The molecule has 2 N–H and O–H groups in total. The maximum atomic E-state index is 11.4. The number of carbonyl (C=O) groups excluding carboxylic acids is 1. The Labute approximate surface area is 94.8 Å². The topological polar surface area (TPSA) is 41.1 Å². The average molecular weight is 226 g/mol. The highest BCUT2D eigenvalue weighted by molar-refractivity contribution is 6.30. The second-order valence-electron chi connectivity index (χ2n) is 3.30. The second kappa shape index (κ2) is 5.61. The summed E-state index contributed by atoms with van der Waals surface area (Å²) in [6.07, 6.45) is 0.661. The van der Waals surface area contributed by atoms with Crippen molar-refractivity contribution in [1.82, 2.24) is 5.32 Å². The van der Waals surface area contributed by atoms with E-state index in [1.165, 1.54) is 0 Å². The molecule has 15 heavy (non-hydrogen) atoms. The molecule has 1 aromatic rings. The lowest BCUT2D eigenvalue weighted by Crippen LogP contribution is -2.35. The van der Waals surface area contributed by atoms with Gasteiger partial charge in [0.15, 0.2) is 0 Å². The van der Waals surface area contributed by atoms with Gasteiger partial charge in [0.25, 0.3) is 0 Å². The second-order valence-corrected chi connectivity index (χ2v) is 3.73. The van der Waals surface area contributed by atoms with Crippen LogP contribution in [0.15, 0.2) is 24.3 Å². The molecule has 0 saturated heterocycles. The Balaban J connectivity index is 2.48. The fourth-order valence-corrected chi connectivity index (χ4v) is 1.12. The SMILES string of the molecule is [CH2]CC(C)NC(=O)Nc1ccc(Cl)cc1. The predicted molar refractivity (Wildman–Crippen MR) is 63.0 cm³/mol. The van der Waals surface area contributed by atoms with E-state index in [0.717, 1.165) is 0 Å². The van der Waals surface area contributed by atoms with Gasteiger partial charge in [-0.25, -0.2) is 4.79 Å². The summed E-state index contributed by atoms with van der Waals surface area (Å²) in [6, 6.07) is 6.78. The van der Waals surface area contributed by atoms with E-state index in [4.69, 9.17) is 11.6 Å². The molecule has 0 spiro atoms. The van der Waals surface area contributed by atoms with Gasteiger partial charge in [0.2, 0.25) is 0 Å². The third-order valence-electron chi connectivity index (χ3n) is 1.91. The summed E-state index contributed by atoms with van der Waals surface area (Å²) >= 11 is 5.72. The maximum Gasteiger partial charge on any atom is 0.319 e. The van der Waals surface area contributed by atoms with Crippen molar-refractivity contribution in [2.45, 2.75) is 19.4 Å². The Hall–Kier alpha value is -1.22. The predicted octanol–water partition coefficient (Wildman–Crippen LogP) is 3.07. The molecule has 0 aliphatic heterocycles. The summed E-state index contributed by atoms with van der Waals surface area (Å²) in [4.78, 5) is 11.4. The molecule has 0 aromatic heterocycles. The van der Waals surface area contributed by atoms with Crippen LogP contribution in [0, 0.1) is 6.92 Å². The van der Waals surface area contributed by atoms with E-state index in [0.29, 0.717) is 17.1 Å². The minimum Gasteiger partial charge on any atom is -0.335 e. The van der Waals surface area contributed by atoms with Crippen molar-refractivity contribution < 1.29 is 4.79 Å². The molecule has 0 fully saturated rings. The number of amides is 2. The fraction of sp³-hybridized carbons (Fsp3) is 0.273. The highest BCUT2D eigenvalue weighted by Gasteiger charge is 2.04. The zero-order chi connectivity index (χ0) is 11.3. The maximum absolute atomic E-state index is 11.4. The number of rotatable bonds is 3. The standard InChI is InChI=1S/C11H14ClN2O/c1-3-8(2)13-11(15)14-10-6-4-9(12)5-7-10/h4-8H,1,3H2,2H3,(H2,13,14,15). The van der Waals surface area contributed by atoms with Gasteiger partial charge < -0.3 is 10.6 Å². The van der Waals surface area contributed by atoms with Crippen LogP contribution < -0.4 is 10.6 Å². The Bertz CT molecular complexity index is 324. The van der Waals surface area contributed by atoms with Crippen LogP contribution in [0.5, 0.6) is 0 Å². The van der Waals surface area contributed by atoms with E-state index in [-0.39, 0.29) is 12.1 Å². The molecule has 0 aliphatic carbocycles. The van der Waals surface area contributed by atoms with Crippen molar-refractivity contribution in [3.05, 3.63) is 36.2 Å². The molecule has 0 aliphatic rings. The number of anilines is 1. The summed E-state index contributed by atoms with van der Waals surface area (Å²) in [5.74, 6) is 0. The number of hydrogen-bond acceptors (Lipinski definition) is 1. The van der Waals surface area contributed by atoms with E-state index in [2.05, 4.69) is 17.6 Å². The highest BCUT2D eigenvalue weighted by Crippen LogP contribution is 2.13. The number of hydrogen-bond donors (Lipinski definition) is 2. The van der Waals surface area contributed by atoms with Crippen molar-refractivity contribution in [3.63, 3.8) is 0 Å². The van der Waals surface area contributed by atoms with E-state index < -0.39 is 0 Å². The highest BCUT2D eigenvalue weighted by atomic mass is 35.5. The number of halogens is 1. The molecule has 0 saturated carbocycles.